The Labute approximate surface area is 123 Å². The van der Waals surface area contributed by atoms with E-state index in [4.69, 9.17) is 5.73 Å². The van der Waals surface area contributed by atoms with Gasteiger partial charge >= 0.3 is 0 Å². The molecule has 1 atom stereocenters. The first-order valence-corrected chi connectivity index (χ1v) is 8.68. The number of rotatable bonds is 5. The first kappa shape index (κ1) is 17.0. The lowest BCUT2D eigenvalue weighted by molar-refractivity contribution is 0.557. The van der Waals surface area contributed by atoms with Crippen LogP contribution in [0.4, 0.5) is 4.39 Å². The molecular weight excluding hydrogens is 299 g/mol. The van der Waals surface area contributed by atoms with Gasteiger partial charge in [-0.1, -0.05) is 18.8 Å². The minimum Gasteiger partial charge on any atom is -0.320 e. The van der Waals surface area contributed by atoms with E-state index < -0.39 is 15.8 Å². The largest absolute Gasteiger partial charge is 0.320 e. The molecular formula is C13H17FN2O2S2. The van der Waals surface area contributed by atoms with Crippen molar-refractivity contribution in [3.63, 3.8) is 0 Å². The Morgan fingerprint density at radius 2 is 2.20 bits per heavy atom. The van der Waals surface area contributed by atoms with Crippen LogP contribution in [0, 0.1) is 17.7 Å². The van der Waals surface area contributed by atoms with Crippen LogP contribution in [0.25, 0.3) is 0 Å². The van der Waals surface area contributed by atoms with Gasteiger partial charge in [0.2, 0.25) is 10.0 Å². The van der Waals surface area contributed by atoms with Crippen LogP contribution >= 0.6 is 11.8 Å². The smallest absolute Gasteiger partial charge is 0.243 e. The van der Waals surface area contributed by atoms with Gasteiger partial charge in [0.05, 0.1) is 6.54 Å². The Hall–Kier alpha value is -1.07. The van der Waals surface area contributed by atoms with Gasteiger partial charge in [-0.25, -0.2) is 17.5 Å². The number of nitrogens with two attached hydrogens (primary N) is 1. The summed E-state index contributed by atoms with van der Waals surface area (Å²) in [6, 6.07) is 3.76. The molecule has 110 valence electrons. The summed E-state index contributed by atoms with van der Waals surface area (Å²) in [5, 5.41) is 0.113. The number of benzene rings is 1. The van der Waals surface area contributed by atoms with Crippen molar-refractivity contribution in [2.75, 3.05) is 19.3 Å². The van der Waals surface area contributed by atoms with E-state index in [0.29, 0.717) is 5.56 Å². The molecule has 0 aromatic heterocycles. The number of thioether (sulfide) groups is 1. The highest BCUT2D eigenvalue weighted by Gasteiger charge is 2.19. The standard InChI is InChI=1S/C13H17FN2O2S2/c1-10(19-2)9-16-20(17,18)13-6-5-11(4-3-7-15)8-12(13)14/h5-6,8,10,16H,7,9,15H2,1-2H3. The highest BCUT2D eigenvalue weighted by Crippen LogP contribution is 2.16. The Bertz CT molecular complexity index is 621. The molecule has 1 aromatic carbocycles. The minimum absolute atomic E-state index is 0.113. The van der Waals surface area contributed by atoms with Crippen molar-refractivity contribution in [3.8, 4) is 11.8 Å². The topological polar surface area (TPSA) is 72.2 Å². The highest BCUT2D eigenvalue weighted by atomic mass is 32.2. The fourth-order valence-corrected chi connectivity index (χ4v) is 2.88. The average Bonchev–Trinajstić information content (AvgIpc) is 2.42. The summed E-state index contributed by atoms with van der Waals surface area (Å²) < 4.78 is 40.2. The van der Waals surface area contributed by atoms with Gasteiger partial charge in [0.1, 0.15) is 10.7 Å². The summed E-state index contributed by atoms with van der Waals surface area (Å²) in [5.74, 6) is 4.41. The third kappa shape index (κ3) is 4.80. The maximum atomic E-state index is 13.9. The second-order valence-corrected chi connectivity index (χ2v) is 7.06. The average molecular weight is 316 g/mol. The highest BCUT2D eigenvalue weighted by molar-refractivity contribution is 7.99. The van der Waals surface area contributed by atoms with Gasteiger partial charge in [0.15, 0.2) is 0 Å². The van der Waals surface area contributed by atoms with E-state index in [1.807, 2.05) is 13.2 Å². The van der Waals surface area contributed by atoms with Gasteiger partial charge in [-0.3, -0.25) is 0 Å². The van der Waals surface area contributed by atoms with Crippen LogP contribution in [0.2, 0.25) is 0 Å². The zero-order valence-corrected chi connectivity index (χ0v) is 12.9. The summed E-state index contributed by atoms with van der Waals surface area (Å²) in [4.78, 5) is -0.371. The van der Waals surface area contributed by atoms with E-state index >= 15 is 0 Å². The maximum Gasteiger partial charge on any atom is 0.243 e. The number of halogens is 1. The van der Waals surface area contributed by atoms with Crippen LogP contribution in [0.1, 0.15) is 12.5 Å². The van der Waals surface area contributed by atoms with Crippen molar-refractivity contribution in [1.82, 2.24) is 4.72 Å². The van der Waals surface area contributed by atoms with Gasteiger partial charge in [0, 0.05) is 17.4 Å². The monoisotopic (exact) mass is 316 g/mol. The van der Waals surface area contributed by atoms with Gasteiger partial charge in [-0.2, -0.15) is 11.8 Å². The zero-order chi connectivity index (χ0) is 15.2. The lowest BCUT2D eigenvalue weighted by atomic mass is 10.2. The molecule has 0 spiro atoms. The predicted molar refractivity (Wildman–Crippen MR) is 80.5 cm³/mol. The Morgan fingerprint density at radius 3 is 2.75 bits per heavy atom. The number of hydrogen-bond donors (Lipinski definition) is 2. The molecule has 0 saturated carbocycles. The summed E-state index contributed by atoms with van der Waals surface area (Å²) in [6.45, 7) is 2.29. The van der Waals surface area contributed by atoms with Crippen LogP contribution in [-0.2, 0) is 10.0 Å². The third-order valence-electron chi connectivity index (χ3n) is 2.52. The molecule has 1 aromatic rings. The Morgan fingerprint density at radius 1 is 1.50 bits per heavy atom. The molecule has 0 aliphatic heterocycles. The molecule has 0 aliphatic carbocycles. The SMILES string of the molecule is CSC(C)CNS(=O)(=O)c1ccc(C#CCN)cc1F. The molecule has 0 radical (unpaired) electrons. The van der Waals surface area contributed by atoms with Crippen LogP contribution in [0.5, 0.6) is 0 Å². The first-order chi connectivity index (χ1) is 9.40. The summed E-state index contributed by atoms with van der Waals surface area (Å²) in [6.07, 6.45) is 1.88. The van der Waals surface area contributed by atoms with E-state index in [0.717, 1.165) is 6.07 Å². The minimum atomic E-state index is -3.84. The van der Waals surface area contributed by atoms with Crippen LogP contribution in [0.15, 0.2) is 23.1 Å². The Kier molecular flexibility index (Phi) is 6.49. The first-order valence-electron chi connectivity index (χ1n) is 5.91. The molecule has 7 heteroatoms. The molecule has 4 nitrogen and oxygen atoms in total. The van der Waals surface area contributed by atoms with E-state index in [2.05, 4.69) is 16.6 Å². The molecule has 3 N–H and O–H groups in total. The van der Waals surface area contributed by atoms with Crippen molar-refractivity contribution in [1.29, 1.82) is 0 Å². The molecule has 1 rings (SSSR count). The van der Waals surface area contributed by atoms with Crippen LogP contribution < -0.4 is 10.5 Å². The molecule has 20 heavy (non-hydrogen) atoms. The number of sulfonamides is 1. The molecule has 0 fully saturated rings. The second kappa shape index (κ2) is 7.64. The Balaban J connectivity index is 2.96. The van der Waals surface area contributed by atoms with E-state index in [1.165, 1.54) is 23.9 Å². The van der Waals surface area contributed by atoms with E-state index in [-0.39, 0.29) is 23.2 Å². The van der Waals surface area contributed by atoms with Gasteiger partial charge in [0.25, 0.3) is 0 Å². The molecule has 0 amide bonds. The van der Waals surface area contributed by atoms with Gasteiger partial charge < -0.3 is 5.73 Å². The van der Waals surface area contributed by atoms with Crippen molar-refractivity contribution in [3.05, 3.63) is 29.6 Å². The fraction of sp³-hybridized carbons (Fsp3) is 0.385. The van der Waals surface area contributed by atoms with E-state index in [1.54, 1.807) is 0 Å². The van der Waals surface area contributed by atoms with Crippen molar-refractivity contribution < 1.29 is 12.8 Å². The molecule has 0 saturated heterocycles. The molecule has 0 heterocycles. The van der Waals surface area contributed by atoms with Gasteiger partial charge in [-0.05, 0) is 24.5 Å². The maximum absolute atomic E-state index is 13.9. The molecule has 0 bridgehead atoms. The summed E-state index contributed by atoms with van der Waals surface area (Å²) in [5.41, 5.74) is 5.61. The normalized spacial score (nSPS) is 12.6. The van der Waals surface area contributed by atoms with Crippen molar-refractivity contribution in [2.24, 2.45) is 5.73 Å². The van der Waals surface area contributed by atoms with Crippen molar-refractivity contribution in [2.45, 2.75) is 17.1 Å². The zero-order valence-electron chi connectivity index (χ0n) is 11.3. The van der Waals surface area contributed by atoms with Crippen LogP contribution in [0.3, 0.4) is 0 Å². The van der Waals surface area contributed by atoms with Crippen LogP contribution in [-0.4, -0.2) is 33.0 Å². The predicted octanol–water partition coefficient (Wildman–Crippen LogP) is 1.17. The third-order valence-corrected chi connectivity index (χ3v) is 4.95. The lowest BCUT2D eigenvalue weighted by Crippen LogP contribution is -2.30. The fourth-order valence-electron chi connectivity index (χ4n) is 1.34. The van der Waals surface area contributed by atoms with Gasteiger partial charge in [-0.15, -0.1) is 0 Å². The molecule has 1 unspecified atom stereocenters. The molecule has 0 aliphatic rings. The van der Waals surface area contributed by atoms with Crippen molar-refractivity contribution >= 4 is 21.8 Å². The number of hydrogen-bond acceptors (Lipinski definition) is 4. The summed E-state index contributed by atoms with van der Waals surface area (Å²) >= 11 is 1.53. The lowest BCUT2D eigenvalue weighted by Gasteiger charge is -2.11. The quantitative estimate of drug-likeness (QED) is 0.800. The number of nitrogens with one attached hydrogen (secondary N) is 1. The summed E-state index contributed by atoms with van der Waals surface area (Å²) in [7, 11) is -3.84. The van der Waals surface area contributed by atoms with E-state index in [9.17, 15) is 12.8 Å². The second-order valence-electron chi connectivity index (χ2n) is 4.05.